The summed E-state index contributed by atoms with van der Waals surface area (Å²) in [5, 5.41) is 0. The summed E-state index contributed by atoms with van der Waals surface area (Å²) < 4.78 is 25.1. The third kappa shape index (κ3) is 4.84. The van der Waals surface area contributed by atoms with E-state index in [1.807, 2.05) is 0 Å². The van der Waals surface area contributed by atoms with Gasteiger partial charge in [-0.2, -0.15) is 4.98 Å². The molecule has 0 aliphatic carbocycles. The fourth-order valence-corrected chi connectivity index (χ4v) is 3.40. The second kappa shape index (κ2) is 8.35. The molecule has 10 nitrogen and oxygen atoms in total. The molecule has 0 amide bonds. The quantitative estimate of drug-likeness (QED) is 0.336. The molecule has 0 saturated heterocycles. The van der Waals surface area contributed by atoms with E-state index in [2.05, 4.69) is 19.8 Å². The van der Waals surface area contributed by atoms with Crippen molar-refractivity contribution >= 4 is 30.2 Å². The fraction of sp³-hybridized carbons (Fsp3) is 0.294. The molecule has 0 aliphatic rings. The average Bonchev–Trinajstić information content (AvgIpc) is 3.07. The Balaban J connectivity index is 1.49. The van der Waals surface area contributed by atoms with Crippen molar-refractivity contribution in [2.24, 2.45) is 0 Å². The van der Waals surface area contributed by atoms with Gasteiger partial charge < -0.3 is 19.6 Å². The van der Waals surface area contributed by atoms with Crippen molar-refractivity contribution in [1.82, 2.24) is 19.5 Å². The molecule has 3 aromatic rings. The van der Waals surface area contributed by atoms with Gasteiger partial charge in [0.05, 0.1) is 26.1 Å². The van der Waals surface area contributed by atoms with E-state index in [1.165, 1.54) is 13.0 Å². The maximum atomic E-state index is 12.5. The smallest absolute Gasteiger partial charge is 0.280 e. The Bertz CT molecular complexity index is 1120. The number of anilines is 1. The summed E-state index contributed by atoms with van der Waals surface area (Å²) in [5.74, 6) is 0.0102. The van der Waals surface area contributed by atoms with Crippen LogP contribution in [0.1, 0.15) is 5.56 Å². The zero-order valence-electron chi connectivity index (χ0n) is 15.2. The predicted molar refractivity (Wildman–Crippen MR) is 104 cm³/mol. The maximum Gasteiger partial charge on any atom is 0.280 e. The Labute approximate surface area is 160 Å². The molecule has 0 spiro atoms. The number of hydrogen-bond acceptors (Lipinski definition) is 7. The maximum absolute atomic E-state index is 12.5. The van der Waals surface area contributed by atoms with Gasteiger partial charge in [-0.15, -0.1) is 0 Å². The van der Waals surface area contributed by atoms with Crippen molar-refractivity contribution in [3.8, 4) is 0 Å². The second-order valence-corrected chi connectivity index (χ2v) is 8.71. The topological polar surface area (TPSA) is 129 Å². The second-order valence-electron chi connectivity index (χ2n) is 6.16. The molecule has 3 rings (SSSR count). The van der Waals surface area contributed by atoms with Crippen LogP contribution in [0, 0.1) is 6.57 Å². The lowest BCUT2D eigenvalue weighted by atomic mass is 10.2. The van der Waals surface area contributed by atoms with E-state index in [4.69, 9.17) is 21.6 Å². The molecule has 11 heteroatoms. The number of hydrogen-bond donors (Lipinski definition) is 2. The lowest BCUT2D eigenvalue weighted by Gasteiger charge is -2.14. The van der Waals surface area contributed by atoms with Gasteiger partial charge in [0.2, 0.25) is 13.3 Å². The Kier molecular flexibility index (Phi) is 5.90. The molecule has 0 bridgehead atoms. The Morgan fingerprint density at radius 2 is 2.11 bits per heavy atom. The van der Waals surface area contributed by atoms with Gasteiger partial charge in [0.1, 0.15) is 6.35 Å². The number of nitrogens with zero attached hydrogens (tertiary/aromatic N) is 4. The van der Waals surface area contributed by atoms with Gasteiger partial charge in [0.25, 0.3) is 5.56 Å². The van der Waals surface area contributed by atoms with Gasteiger partial charge in [-0.1, -0.05) is 24.3 Å². The van der Waals surface area contributed by atoms with Crippen LogP contribution in [0.25, 0.3) is 16.0 Å². The van der Waals surface area contributed by atoms with Gasteiger partial charge in [-0.05, 0) is 5.56 Å². The monoisotopic (exact) mass is 402 g/mol. The molecule has 2 aromatic heterocycles. The Hall–Kier alpha value is -2.99. The molecule has 2 heterocycles. The average molecular weight is 402 g/mol. The predicted octanol–water partition coefficient (Wildman–Crippen LogP) is 2.35. The highest BCUT2D eigenvalue weighted by Crippen LogP contribution is 2.43. The van der Waals surface area contributed by atoms with Crippen molar-refractivity contribution in [3.63, 3.8) is 0 Å². The summed E-state index contributed by atoms with van der Waals surface area (Å²) in [4.78, 5) is 25.5. The minimum atomic E-state index is -2.95. The number of nitrogen functional groups attached to an aromatic ring is 1. The third-order valence-electron chi connectivity index (χ3n) is 3.87. The summed E-state index contributed by atoms with van der Waals surface area (Å²) in [6, 6.07) is 6.89. The summed E-state index contributed by atoms with van der Waals surface area (Å²) in [5.41, 5.74) is 7.08. The van der Waals surface area contributed by atoms with Crippen LogP contribution in [-0.4, -0.2) is 39.1 Å². The van der Waals surface area contributed by atoms with Crippen molar-refractivity contribution in [3.05, 3.63) is 57.9 Å². The number of nitrogens with two attached hydrogens (primary N) is 1. The zero-order valence-corrected chi connectivity index (χ0v) is 16.1. The number of nitrogens with one attached hydrogen (secondary N) is 1. The van der Waals surface area contributed by atoms with Gasteiger partial charge in [-0.3, -0.25) is 14.3 Å². The SMILES string of the molecule is [C-]#[N+]c1ccc(COP(C)(=O)COCCn2cnc3c(=O)[nH]c(N)nc32)cc1. The highest BCUT2D eigenvalue weighted by atomic mass is 31.2. The highest BCUT2D eigenvalue weighted by molar-refractivity contribution is 7.57. The lowest BCUT2D eigenvalue weighted by molar-refractivity contribution is 0.153. The van der Waals surface area contributed by atoms with E-state index in [0.717, 1.165) is 5.56 Å². The third-order valence-corrected chi connectivity index (χ3v) is 5.19. The molecule has 0 aliphatic heterocycles. The normalized spacial score (nSPS) is 13.3. The minimum Gasteiger partial charge on any atom is -0.370 e. The number of H-pyrrole nitrogens is 1. The lowest BCUT2D eigenvalue weighted by Crippen LogP contribution is -2.13. The van der Waals surface area contributed by atoms with E-state index < -0.39 is 12.9 Å². The first-order valence-corrected chi connectivity index (χ1v) is 10.6. The number of ether oxygens (including phenoxy) is 1. The first kappa shape index (κ1) is 19.8. The van der Waals surface area contributed by atoms with Gasteiger partial charge >= 0.3 is 0 Å². The standard InChI is InChI=1S/C17H19N6O4P/c1-19-13-5-3-12(4-6-13)9-27-28(2,25)11-26-8-7-23-10-20-14-15(23)21-17(18)22-16(14)24/h3-6,10H,7-9,11H2,2H3,(H3,18,21,22,24). The summed E-state index contributed by atoms with van der Waals surface area (Å²) in [6.07, 6.45) is 1.43. The van der Waals surface area contributed by atoms with Crippen LogP contribution in [0.15, 0.2) is 35.4 Å². The van der Waals surface area contributed by atoms with Crippen molar-refractivity contribution in [2.75, 3.05) is 25.4 Å². The molecule has 28 heavy (non-hydrogen) atoms. The van der Waals surface area contributed by atoms with Crippen LogP contribution in [0.3, 0.4) is 0 Å². The van der Waals surface area contributed by atoms with Crippen molar-refractivity contribution < 1.29 is 13.8 Å². The molecule has 0 radical (unpaired) electrons. The van der Waals surface area contributed by atoms with Crippen molar-refractivity contribution in [2.45, 2.75) is 13.2 Å². The summed E-state index contributed by atoms with van der Waals surface area (Å²) in [6.45, 7) is 9.21. The molecular formula is C17H19N6O4P. The number of benzene rings is 1. The summed E-state index contributed by atoms with van der Waals surface area (Å²) >= 11 is 0. The fourth-order valence-electron chi connectivity index (χ4n) is 2.44. The van der Waals surface area contributed by atoms with E-state index in [9.17, 15) is 9.36 Å². The van der Waals surface area contributed by atoms with Crippen LogP contribution in [0.5, 0.6) is 0 Å². The van der Waals surface area contributed by atoms with E-state index in [0.29, 0.717) is 17.9 Å². The van der Waals surface area contributed by atoms with E-state index in [1.54, 1.807) is 28.8 Å². The Morgan fingerprint density at radius 3 is 2.82 bits per heavy atom. The van der Waals surface area contributed by atoms with Crippen LogP contribution in [0.4, 0.5) is 11.6 Å². The van der Waals surface area contributed by atoms with Gasteiger partial charge in [0.15, 0.2) is 16.9 Å². The number of aromatic nitrogens is 4. The molecule has 3 N–H and O–H groups in total. The Morgan fingerprint density at radius 1 is 1.36 bits per heavy atom. The van der Waals surface area contributed by atoms with Gasteiger partial charge in [-0.25, -0.2) is 9.83 Å². The van der Waals surface area contributed by atoms with Crippen LogP contribution in [-0.2, 0) is 27.0 Å². The highest BCUT2D eigenvalue weighted by Gasteiger charge is 2.17. The summed E-state index contributed by atoms with van der Waals surface area (Å²) in [7, 11) is -2.95. The van der Waals surface area contributed by atoms with Crippen LogP contribution < -0.4 is 11.3 Å². The molecule has 0 fully saturated rings. The van der Waals surface area contributed by atoms with Crippen LogP contribution in [0.2, 0.25) is 0 Å². The number of aromatic amines is 1. The first-order chi connectivity index (χ1) is 13.4. The van der Waals surface area contributed by atoms with Crippen LogP contribution >= 0.6 is 7.37 Å². The zero-order chi connectivity index (χ0) is 20.1. The number of rotatable bonds is 8. The minimum absolute atomic E-state index is 0.0102. The van der Waals surface area contributed by atoms with Crippen molar-refractivity contribution in [1.29, 1.82) is 0 Å². The first-order valence-electron chi connectivity index (χ1n) is 8.34. The number of imidazole rings is 1. The van der Waals surface area contributed by atoms with Gasteiger partial charge in [0, 0.05) is 13.2 Å². The van der Waals surface area contributed by atoms with E-state index >= 15 is 0 Å². The largest absolute Gasteiger partial charge is 0.370 e. The molecular weight excluding hydrogens is 383 g/mol. The molecule has 1 aromatic carbocycles. The van der Waals surface area contributed by atoms with E-state index in [-0.39, 0.29) is 31.0 Å². The molecule has 146 valence electrons. The molecule has 1 atom stereocenters. The molecule has 1 unspecified atom stereocenters. The number of fused-ring (bicyclic) bond motifs is 1. The molecule has 0 saturated carbocycles.